The second-order valence-electron chi connectivity index (χ2n) is 9.26. The number of nitrogens with one attached hydrogen (secondary N) is 2. The molecule has 1 aliphatic carbocycles. The standard InChI is InChI=1S/C22H25FN4O4S/c1-22(2,28)18-9-24-21(31-18)13-4-3-12(7-13)17-8-19(27-26-17)25-16-6-5-14-10-32(29,30)11-15(14)20(16)23/h5-6,8-9,12-13,28H,3-4,7,10-11H2,1-2H3,(H2,25,26,27). The summed E-state index contributed by atoms with van der Waals surface area (Å²) in [7, 11) is -3.28. The summed E-state index contributed by atoms with van der Waals surface area (Å²) in [6.45, 7) is 3.33. The maximum atomic E-state index is 14.8. The Hall–Kier alpha value is -2.72. The number of hydrogen-bond acceptors (Lipinski definition) is 7. The molecule has 8 nitrogen and oxygen atoms in total. The van der Waals surface area contributed by atoms with Crippen molar-refractivity contribution in [3.8, 4) is 0 Å². The van der Waals surface area contributed by atoms with Gasteiger partial charge in [-0.15, -0.1) is 0 Å². The molecule has 3 N–H and O–H groups in total. The number of nitrogens with zero attached hydrogens (tertiary/aromatic N) is 2. The fraction of sp³-hybridized carbons (Fsp3) is 0.455. The second-order valence-corrected chi connectivity index (χ2v) is 11.3. The van der Waals surface area contributed by atoms with E-state index >= 15 is 0 Å². The van der Waals surface area contributed by atoms with Crippen molar-refractivity contribution in [1.29, 1.82) is 0 Å². The highest BCUT2D eigenvalue weighted by atomic mass is 32.2. The van der Waals surface area contributed by atoms with E-state index in [0.717, 1.165) is 25.0 Å². The smallest absolute Gasteiger partial charge is 0.197 e. The summed E-state index contributed by atoms with van der Waals surface area (Å²) in [5.74, 6) is 1.03. The number of anilines is 2. The molecule has 32 heavy (non-hydrogen) atoms. The van der Waals surface area contributed by atoms with E-state index in [1.54, 1.807) is 32.2 Å². The summed E-state index contributed by atoms with van der Waals surface area (Å²) in [6, 6.07) is 5.06. The quantitative estimate of drug-likeness (QED) is 0.526. The molecule has 0 bridgehead atoms. The number of fused-ring (bicyclic) bond motifs is 1. The van der Waals surface area contributed by atoms with Crippen molar-refractivity contribution < 1.29 is 22.3 Å². The van der Waals surface area contributed by atoms with Crippen LogP contribution in [0, 0.1) is 5.82 Å². The molecule has 0 radical (unpaired) electrons. The molecular weight excluding hydrogens is 435 g/mol. The van der Waals surface area contributed by atoms with E-state index in [1.165, 1.54) is 0 Å². The molecule has 170 valence electrons. The predicted molar refractivity (Wildman–Crippen MR) is 116 cm³/mol. The Labute approximate surface area is 185 Å². The van der Waals surface area contributed by atoms with Crippen LogP contribution in [0.3, 0.4) is 0 Å². The van der Waals surface area contributed by atoms with Gasteiger partial charge >= 0.3 is 0 Å². The van der Waals surface area contributed by atoms with Gasteiger partial charge in [0.15, 0.2) is 33.1 Å². The van der Waals surface area contributed by atoms with Gasteiger partial charge in [-0.05, 0) is 44.7 Å². The fourth-order valence-corrected chi connectivity index (χ4v) is 6.15. The Morgan fingerprint density at radius 2 is 2.03 bits per heavy atom. The highest BCUT2D eigenvalue weighted by molar-refractivity contribution is 7.90. The van der Waals surface area contributed by atoms with Crippen LogP contribution in [0.25, 0.3) is 0 Å². The third-order valence-corrected chi connectivity index (χ3v) is 7.77. The third-order valence-electron chi connectivity index (χ3n) is 6.29. The van der Waals surface area contributed by atoms with Crippen molar-refractivity contribution in [3.05, 3.63) is 58.7 Å². The van der Waals surface area contributed by atoms with E-state index in [0.29, 0.717) is 23.0 Å². The molecule has 0 spiro atoms. The van der Waals surface area contributed by atoms with Gasteiger partial charge in [-0.1, -0.05) is 6.07 Å². The van der Waals surface area contributed by atoms with E-state index in [1.807, 2.05) is 6.07 Å². The Bertz CT molecular complexity index is 1280. The topological polar surface area (TPSA) is 121 Å². The maximum Gasteiger partial charge on any atom is 0.197 e. The summed E-state index contributed by atoms with van der Waals surface area (Å²) >= 11 is 0. The Morgan fingerprint density at radius 1 is 1.25 bits per heavy atom. The monoisotopic (exact) mass is 460 g/mol. The number of hydrogen-bond donors (Lipinski definition) is 3. The predicted octanol–water partition coefficient (Wildman–Crippen LogP) is 3.99. The first-order valence-corrected chi connectivity index (χ1v) is 12.4. The lowest BCUT2D eigenvalue weighted by Gasteiger charge is -2.12. The maximum absolute atomic E-state index is 14.8. The molecule has 2 unspecified atom stereocenters. The summed E-state index contributed by atoms with van der Waals surface area (Å²) in [4.78, 5) is 4.35. The molecule has 5 rings (SSSR count). The first kappa shape index (κ1) is 21.1. The van der Waals surface area contributed by atoms with E-state index < -0.39 is 21.3 Å². The second kappa shape index (κ2) is 7.41. The molecule has 2 atom stereocenters. The molecule has 1 aliphatic heterocycles. The van der Waals surface area contributed by atoms with Crippen LogP contribution in [0.2, 0.25) is 0 Å². The molecule has 1 saturated carbocycles. The Kier molecular flexibility index (Phi) is 4.90. The Morgan fingerprint density at radius 3 is 2.78 bits per heavy atom. The number of sulfone groups is 1. The van der Waals surface area contributed by atoms with Crippen LogP contribution in [0.1, 0.15) is 73.4 Å². The van der Waals surface area contributed by atoms with Gasteiger partial charge in [0.1, 0.15) is 5.60 Å². The molecule has 2 aromatic heterocycles. The number of oxazole rings is 1. The number of rotatable bonds is 5. The van der Waals surface area contributed by atoms with E-state index in [2.05, 4.69) is 20.5 Å². The molecule has 3 aromatic rings. The third kappa shape index (κ3) is 3.93. The molecular formula is C22H25FN4O4S. The van der Waals surface area contributed by atoms with Crippen molar-refractivity contribution >= 4 is 21.3 Å². The summed E-state index contributed by atoms with van der Waals surface area (Å²) in [5.41, 5.74) is 0.841. The first-order chi connectivity index (χ1) is 15.1. The number of H-pyrrole nitrogens is 1. The number of halogens is 1. The highest BCUT2D eigenvalue weighted by Crippen LogP contribution is 2.44. The van der Waals surface area contributed by atoms with Crippen molar-refractivity contribution in [1.82, 2.24) is 15.2 Å². The lowest BCUT2D eigenvalue weighted by atomic mass is 10.0. The molecule has 1 aromatic carbocycles. The van der Waals surface area contributed by atoms with Crippen molar-refractivity contribution in [2.24, 2.45) is 0 Å². The van der Waals surface area contributed by atoms with E-state index in [4.69, 9.17) is 4.42 Å². The summed E-state index contributed by atoms with van der Waals surface area (Å²) < 4.78 is 44.2. The van der Waals surface area contributed by atoms with Crippen LogP contribution in [0.5, 0.6) is 0 Å². The van der Waals surface area contributed by atoms with Gasteiger partial charge in [-0.3, -0.25) is 5.10 Å². The van der Waals surface area contributed by atoms with E-state index in [9.17, 15) is 17.9 Å². The van der Waals surface area contributed by atoms with Crippen LogP contribution in [0.4, 0.5) is 15.9 Å². The summed E-state index contributed by atoms with van der Waals surface area (Å²) in [5, 5.41) is 20.3. The van der Waals surface area contributed by atoms with Crippen molar-refractivity contribution in [2.45, 2.75) is 62.1 Å². The van der Waals surface area contributed by atoms with Gasteiger partial charge in [0.05, 0.1) is 23.4 Å². The average Bonchev–Trinajstić information content (AvgIpc) is 3.47. The molecule has 2 aliphatic rings. The zero-order valence-corrected chi connectivity index (χ0v) is 18.7. The van der Waals surface area contributed by atoms with Gasteiger partial charge in [0, 0.05) is 29.2 Å². The average molecular weight is 461 g/mol. The SMILES string of the molecule is CC(C)(O)c1cnc(C2CCC(c3cc(Nc4ccc5c(c4F)CS(=O)(=O)C5)n[nH]3)C2)o1. The van der Waals surface area contributed by atoms with Crippen molar-refractivity contribution in [2.75, 3.05) is 5.32 Å². The lowest BCUT2D eigenvalue weighted by Crippen LogP contribution is -2.13. The number of aromatic amines is 1. The Balaban J connectivity index is 1.28. The molecule has 0 amide bonds. The lowest BCUT2D eigenvalue weighted by molar-refractivity contribution is 0.0524. The van der Waals surface area contributed by atoms with Crippen LogP contribution >= 0.6 is 0 Å². The minimum Gasteiger partial charge on any atom is -0.442 e. The molecule has 3 heterocycles. The van der Waals surface area contributed by atoms with Gasteiger partial charge in [0.25, 0.3) is 0 Å². The largest absolute Gasteiger partial charge is 0.442 e. The van der Waals surface area contributed by atoms with Crippen molar-refractivity contribution in [3.63, 3.8) is 0 Å². The number of aliphatic hydroxyl groups is 1. The van der Waals surface area contributed by atoms with E-state index in [-0.39, 0.29) is 34.6 Å². The minimum atomic E-state index is -3.28. The number of aromatic nitrogens is 3. The van der Waals surface area contributed by atoms with Gasteiger partial charge in [-0.2, -0.15) is 5.10 Å². The molecule has 1 fully saturated rings. The van der Waals surface area contributed by atoms with Gasteiger partial charge in [0.2, 0.25) is 0 Å². The molecule has 0 saturated heterocycles. The van der Waals surface area contributed by atoms with Gasteiger partial charge < -0.3 is 14.8 Å². The normalized spacial score (nSPS) is 22.2. The number of benzene rings is 1. The van der Waals surface area contributed by atoms with Crippen LogP contribution in [-0.2, 0) is 26.9 Å². The zero-order chi connectivity index (χ0) is 22.7. The minimum absolute atomic E-state index is 0.114. The highest BCUT2D eigenvalue weighted by Gasteiger charge is 2.33. The fourth-order valence-electron chi connectivity index (χ4n) is 4.55. The first-order valence-electron chi connectivity index (χ1n) is 10.6. The van der Waals surface area contributed by atoms with Crippen LogP contribution in [-0.4, -0.2) is 28.7 Å². The zero-order valence-electron chi connectivity index (χ0n) is 17.9. The van der Waals surface area contributed by atoms with Crippen LogP contribution in [0.15, 0.2) is 28.8 Å². The molecule has 10 heteroatoms. The van der Waals surface area contributed by atoms with Gasteiger partial charge in [-0.25, -0.2) is 17.8 Å². The van der Waals surface area contributed by atoms with Crippen LogP contribution < -0.4 is 5.32 Å². The summed E-state index contributed by atoms with van der Waals surface area (Å²) in [6.07, 6.45) is 4.25.